The van der Waals surface area contributed by atoms with E-state index in [4.69, 9.17) is 18.8 Å². The van der Waals surface area contributed by atoms with E-state index in [1.165, 1.54) is 11.1 Å². The standard InChI is InChI=1S/C33H52N4O2Si2/c1-32(2,3)40(7,8)38-21-24-19-25(20-29(24)39-41(9,10)33(4,5)6)37-18-17-27-30(34-22-35-31(27)37)36-28-16-15-23-13-11-12-14-26(23)28/h11-14,17-18,22,24-25,28-29H,15-16,19-21H2,1-10H3,(H,34,35,36)/t24-,25+,28-,29-/m0/s1. The van der Waals surface area contributed by atoms with E-state index in [1.807, 2.05) is 0 Å². The molecule has 4 atom stereocenters. The monoisotopic (exact) mass is 592 g/mol. The molecule has 1 aromatic carbocycles. The maximum absolute atomic E-state index is 7.13. The Hall–Kier alpha value is -2.01. The normalized spacial score (nSPS) is 23.8. The fraction of sp³-hybridized carbons (Fsp3) is 0.636. The number of hydrogen-bond donors (Lipinski definition) is 1. The van der Waals surface area contributed by atoms with Gasteiger partial charge in [-0.2, -0.15) is 0 Å². The maximum atomic E-state index is 7.13. The molecular weight excluding hydrogens is 541 g/mol. The van der Waals surface area contributed by atoms with E-state index in [1.54, 1.807) is 6.33 Å². The van der Waals surface area contributed by atoms with Crippen molar-refractivity contribution in [3.8, 4) is 0 Å². The number of benzene rings is 1. The topological polar surface area (TPSA) is 61.2 Å². The van der Waals surface area contributed by atoms with Crippen LogP contribution >= 0.6 is 0 Å². The third-order valence-electron chi connectivity index (χ3n) is 10.7. The molecule has 0 radical (unpaired) electrons. The van der Waals surface area contributed by atoms with Crippen molar-refractivity contribution in [2.24, 2.45) is 5.92 Å². The Kier molecular flexibility index (Phi) is 8.11. The molecule has 2 aliphatic rings. The second-order valence-corrected chi connectivity index (χ2v) is 25.1. The Morgan fingerprint density at radius 3 is 2.34 bits per heavy atom. The van der Waals surface area contributed by atoms with Crippen molar-refractivity contribution in [2.75, 3.05) is 11.9 Å². The highest BCUT2D eigenvalue weighted by molar-refractivity contribution is 6.74. The van der Waals surface area contributed by atoms with E-state index in [0.717, 1.165) is 49.1 Å². The highest BCUT2D eigenvalue weighted by atomic mass is 28.4. The quantitative estimate of drug-likeness (QED) is 0.265. The van der Waals surface area contributed by atoms with Crippen LogP contribution in [0, 0.1) is 5.92 Å². The zero-order valence-corrected chi connectivity index (χ0v) is 29.0. The van der Waals surface area contributed by atoms with Crippen LogP contribution in [0.1, 0.15) is 84.0 Å². The zero-order chi connectivity index (χ0) is 29.8. The third kappa shape index (κ3) is 6.08. The summed E-state index contributed by atoms with van der Waals surface area (Å²) in [5.41, 5.74) is 3.85. The molecule has 224 valence electrons. The van der Waals surface area contributed by atoms with E-state index in [2.05, 4.69) is 114 Å². The van der Waals surface area contributed by atoms with Gasteiger partial charge in [-0.05, 0) is 79.1 Å². The fourth-order valence-electron chi connectivity index (χ4n) is 5.94. The minimum absolute atomic E-state index is 0.169. The molecule has 1 N–H and O–H groups in total. The molecule has 2 aromatic heterocycles. The largest absolute Gasteiger partial charge is 0.416 e. The van der Waals surface area contributed by atoms with Crippen LogP contribution in [0.2, 0.25) is 36.3 Å². The molecule has 8 heteroatoms. The van der Waals surface area contributed by atoms with Gasteiger partial charge in [-0.3, -0.25) is 0 Å². The second kappa shape index (κ2) is 10.9. The van der Waals surface area contributed by atoms with Crippen LogP contribution in [-0.4, -0.2) is 43.9 Å². The molecule has 3 aromatic rings. The number of aromatic nitrogens is 3. The first-order valence-corrected chi connectivity index (χ1v) is 21.4. The van der Waals surface area contributed by atoms with E-state index in [0.29, 0.717) is 18.0 Å². The van der Waals surface area contributed by atoms with Crippen LogP contribution in [-0.2, 0) is 15.3 Å². The van der Waals surface area contributed by atoms with Gasteiger partial charge in [0.15, 0.2) is 16.6 Å². The number of aryl methyl sites for hydroxylation is 1. The molecule has 0 saturated heterocycles. The third-order valence-corrected chi connectivity index (χ3v) is 19.7. The van der Waals surface area contributed by atoms with Crippen LogP contribution in [0.5, 0.6) is 0 Å². The average molecular weight is 593 g/mol. The second-order valence-electron chi connectivity index (χ2n) is 15.5. The Morgan fingerprint density at radius 2 is 1.63 bits per heavy atom. The van der Waals surface area contributed by atoms with Gasteiger partial charge in [0.25, 0.3) is 0 Å². The van der Waals surface area contributed by atoms with Crippen LogP contribution < -0.4 is 5.32 Å². The predicted octanol–water partition coefficient (Wildman–Crippen LogP) is 8.89. The number of anilines is 1. The van der Waals surface area contributed by atoms with Gasteiger partial charge < -0.3 is 18.7 Å². The average Bonchev–Trinajstić information content (AvgIpc) is 3.59. The van der Waals surface area contributed by atoms with E-state index in [-0.39, 0.29) is 16.2 Å². The van der Waals surface area contributed by atoms with Gasteiger partial charge in [-0.25, -0.2) is 9.97 Å². The van der Waals surface area contributed by atoms with Gasteiger partial charge in [0, 0.05) is 24.8 Å². The smallest absolute Gasteiger partial charge is 0.192 e. The van der Waals surface area contributed by atoms with Crippen LogP contribution in [0.25, 0.3) is 11.0 Å². The Bertz CT molecular complexity index is 1370. The SMILES string of the molecule is CC(C)(C)[Si](C)(C)OC[C@@H]1C[C@@H](n2ccc3c(N[C@H]4CCc5ccccc54)ncnc32)C[C@@H]1O[Si](C)(C)C(C)(C)C. The lowest BCUT2D eigenvalue weighted by atomic mass is 10.1. The molecule has 0 aliphatic heterocycles. The van der Waals surface area contributed by atoms with Crippen molar-refractivity contribution in [3.63, 3.8) is 0 Å². The van der Waals surface area contributed by atoms with Crippen molar-refractivity contribution in [2.45, 2.75) is 122 Å². The van der Waals surface area contributed by atoms with Crippen molar-refractivity contribution < 1.29 is 8.85 Å². The number of nitrogens with zero attached hydrogens (tertiary/aromatic N) is 3. The van der Waals surface area contributed by atoms with Gasteiger partial charge in [0.05, 0.1) is 17.5 Å². The number of rotatable bonds is 8. The number of nitrogens with one attached hydrogen (secondary N) is 1. The fourth-order valence-corrected chi connectivity index (χ4v) is 8.41. The Morgan fingerprint density at radius 1 is 0.927 bits per heavy atom. The first-order valence-electron chi connectivity index (χ1n) is 15.5. The van der Waals surface area contributed by atoms with Gasteiger partial charge in [0.1, 0.15) is 17.8 Å². The Labute approximate surface area is 249 Å². The number of hydrogen-bond acceptors (Lipinski definition) is 5. The summed E-state index contributed by atoms with van der Waals surface area (Å²) in [6.07, 6.45) is 8.37. The van der Waals surface area contributed by atoms with Gasteiger partial charge >= 0.3 is 0 Å². The summed E-state index contributed by atoms with van der Waals surface area (Å²) in [4.78, 5) is 9.50. The summed E-state index contributed by atoms with van der Waals surface area (Å²) in [6, 6.07) is 11.6. The molecule has 0 amide bonds. The lowest BCUT2D eigenvalue weighted by molar-refractivity contribution is 0.101. The van der Waals surface area contributed by atoms with Crippen LogP contribution in [0.15, 0.2) is 42.9 Å². The van der Waals surface area contributed by atoms with Crippen LogP contribution in [0.4, 0.5) is 5.82 Å². The highest BCUT2D eigenvalue weighted by Crippen LogP contribution is 2.46. The minimum Gasteiger partial charge on any atom is -0.416 e. The Balaban J connectivity index is 1.39. The predicted molar refractivity (Wildman–Crippen MR) is 176 cm³/mol. The summed E-state index contributed by atoms with van der Waals surface area (Å²) < 4.78 is 16.3. The summed E-state index contributed by atoms with van der Waals surface area (Å²) in [7, 11) is -3.80. The molecule has 0 unspecified atom stereocenters. The summed E-state index contributed by atoms with van der Waals surface area (Å²) >= 11 is 0. The first kappa shape index (κ1) is 30.5. The molecule has 41 heavy (non-hydrogen) atoms. The molecular formula is C33H52N4O2Si2. The van der Waals surface area contributed by atoms with Crippen molar-refractivity contribution in [1.29, 1.82) is 0 Å². The van der Waals surface area contributed by atoms with E-state index >= 15 is 0 Å². The molecule has 5 rings (SSSR count). The van der Waals surface area contributed by atoms with Gasteiger partial charge in [0.2, 0.25) is 0 Å². The lowest BCUT2D eigenvalue weighted by Gasteiger charge is -2.41. The zero-order valence-electron chi connectivity index (χ0n) is 27.0. The van der Waals surface area contributed by atoms with Crippen molar-refractivity contribution in [3.05, 3.63) is 54.0 Å². The molecule has 6 nitrogen and oxygen atoms in total. The van der Waals surface area contributed by atoms with Gasteiger partial charge in [-0.15, -0.1) is 0 Å². The van der Waals surface area contributed by atoms with E-state index in [9.17, 15) is 0 Å². The summed E-state index contributed by atoms with van der Waals surface area (Å²) in [5.74, 6) is 1.30. The summed E-state index contributed by atoms with van der Waals surface area (Å²) in [5, 5.41) is 5.22. The van der Waals surface area contributed by atoms with Gasteiger partial charge in [-0.1, -0.05) is 65.8 Å². The minimum atomic E-state index is -1.94. The summed E-state index contributed by atoms with van der Waals surface area (Å²) in [6.45, 7) is 24.2. The lowest BCUT2D eigenvalue weighted by Crippen LogP contribution is -2.46. The highest BCUT2D eigenvalue weighted by Gasteiger charge is 2.46. The molecule has 0 spiro atoms. The maximum Gasteiger partial charge on any atom is 0.192 e. The molecule has 1 saturated carbocycles. The molecule has 2 aliphatic carbocycles. The van der Waals surface area contributed by atoms with Crippen LogP contribution in [0.3, 0.4) is 0 Å². The van der Waals surface area contributed by atoms with E-state index < -0.39 is 16.6 Å². The number of fused-ring (bicyclic) bond motifs is 2. The molecule has 0 bridgehead atoms. The van der Waals surface area contributed by atoms with Crippen molar-refractivity contribution in [1.82, 2.24) is 14.5 Å². The molecule has 2 heterocycles. The van der Waals surface area contributed by atoms with Crippen molar-refractivity contribution >= 4 is 33.5 Å². The first-order chi connectivity index (χ1) is 19.1. The molecule has 1 fully saturated rings.